The number of aliphatic hydroxyl groups is 1. The van der Waals surface area contributed by atoms with E-state index in [1.807, 2.05) is 42.1 Å². The van der Waals surface area contributed by atoms with Gasteiger partial charge in [-0.3, -0.25) is 9.59 Å². The van der Waals surface area contributed by atoms with Crippen LogP contribution in [0.2, 0.25) is 0 Å². The molecule has 2 saturated heterocycles. The van der Waals surface area contributed by atoms with E-state index in [-0.39, 0.29) is 43.0 Å². The fraction of sp³-hybridized carbons (Fsp3) is 0.636. The molecular formula is C22H31N3O6. The van der Waals surface area contributed by atoms with Gasteiger partial charge >= 0.3 is 0 Å². The number of morpholine rings is 1. The molecule has 1 aromatic carbocycles. The van der Waals surface area contributed by atoms with Crippen LogP contribution in [0.15, 0.2) is 18.2 Å². The molecule has 2 N–H and O–H groups in total. The molecule has 4 rings (SSSR count). The Morgan fingerprint density at radius 2 is 2.03 bits per heavy atom. The van der Waals surface area contributed by atoms with Crippen molar-refractivity contribution >= 4 is 17.5 Å². The Hall–Kier alpha value is -2.20. The Morgan fingerprint density at radius 3 is 2.74 bits per heavy atom. The van der Waals surface area contributed by atoms with Crippen LogP contribution < -0.4 is 10.1 Å². The second-order valence-corrected chi connectivity index (χ2v) is 8.64. The first-order chi connectivity index (χ1) is 14.9. The normalized spacial score (nSPS) is 27.4. The predicted molar refractivity (Wildman–Crippen MR) is 113 cm³/mol. The summed E-state index contributed by atoms with van der Waals surface area (Å²) in [5.41, 5.74) is 1.70. The lowest BCUT2D eigenvalue weighted by Gasteiger charge is -2.38. The Kier molecular flexibility index (Phi) is 6.76. The number of anilines is 1. The molecule has 3 heterocycles. The molecule has 4 atom stereocenters. The third kappa shape index (κ3) is 5.01. The maximum atomic E-state index is 12.7. The van der Waals surface area contributed by atoms with E-state index in [1.54, 1.807) is 0 Å². The topological polar surface area (TPSA) is 101 Å². The van der Waals surface area contributed by atoms with Gasteiger partial charge in [0.1, 0.15) is 18.0 Å². The molecular weight excluding hydrogens is 402 g/mol. The summed E-state index contributed by atoms with van der Waals surface area (Å²) < 4.78 is 17.5. The summed E-state index contributed by atoms with van der Waals surface area (Å²) in [5, 5.41) is 12.8. The number of ether oxygens (including phenoxy) is 3. The van der Waals surface area contributed by atoms with Gasteiger partial charge in [0.25, 0.3) is 0 Å². The minimum Gasteiger partial charge on any atom is -0.487 e. The minimum absolute atomic E-state index is 0.00547. The van der Waals surface area contributed by atoms with Crippen molar-refractivity contribution in [2.75, 3.05) is 58.9 Å². The van der Waals surface area contributed by atoms with Crippen LogP contribution in [-0.2, 0) is 19.1 Å². The van der Waals surface area contributed by atoms with Crippen molar-refractivity contribution < 1.29 is 28.9 Å². The fourth-order valence-corrected chi connectivity index (χ4v) is 4.59. The lowest BCUT2D eigenvalue weighted by atomic mass is 9.84. The zero-order chi connectivity index (χ0) is 22.0. The number of hydrogen-bond acceptors (Lipinski definition) is 7. The molecule has 0 bridgehead atoms. The van der Waals surface area contributed by atoms with Crippen molar-refractivity contribution in [3.05, 3.63) is 23.8 Å². The highest BCUT2D eigenvalue weighted by atomic mass is 16.6. The van der Waals surface area contributed by atoms with Crippen LogP contribution in [0.25, 0.3) is 0 Å². The van der Waals surface area contributed by atoms with E-state index >= 15 is 0 Å². The van der Waals surface area contributed by atoms with E-state index in [0.717, 1.165) is 11.3 Å². The number of rotatable bonds is 6. The largest absolute Gasteiger partial charge is 0.487 e. The highest BCUT2D eigenvalue weighted by molar-refractivity contribution is 5.92. The van der Waals surface area contributed by atoms with Gasteiger partial charge < -0.3 is 34.4 Å². The molecule has 0 aromatic heterocycles. The average molecular weight is 434 g/mol. The summed E-state index contributed by atoms with van der Waals surface area (Å²) in [6.45, 7) is 2.44. The molecule has 2 amide bonds. The van der Waals surface area contributed by atoms with Gasteiger partial charge in [0.15, 0.2) is 0 Å². The molecule has 0 saturated carbocycles. The molecule has 9 heteroatoms. The monoisotopic (exact) mass is 433 g/mol. The molecule has 170 valence electrons. The Morgan fingerprint density at radius 1 is 1.26 bits per heavy atom. The van der Waals surface area contributed by atoms with Gasteiger partial charge in [-0.2, -0.15) is 0 Å². The Balaban J connectivity index is 1.47. The number of aliphatic hydroxyl groups excluding tert-OH is 1. The smallest absolute Gasteiger partial charge is 0.238 e. The van der Waals surface area contributed by atoms with E-state index in [0.29, 0.717) is 45.0 Å². The van der Waals surface area contributed by atoms with Crippen LogP contribution in [0.5, 0.6) is 5.75 Å². The van der Waals surface area contributed by atoms with Gasteiger partial charge in [0.05, 0.1) is 38.9 Å². The molecule has 1 aromatic rings. The molecule has 0 spiro atoms. The number of carbonyl (C=O) groups is 2. The molecule has 0 aliphatic carbocycles. The minimum atomic E-state index is -0.500. The highest BCUT2D eigenvalue weighted by Crippen LogP contribution is 2.47. The van der Waals surface area contributed by atoms with Crippen molar-refractivity contribution in [3.63, 3.8) is 0 Å². The number of nitrogens with zero attached hydrogens (tertiary/aromatic N) is 2. The molecule has 9 nitrogen and oxygen atoms in total. The summed E-state index contributed by atoms with van der Waals surface area (Å²) in [6, 6.07) is 5.60. The van der Waals surface area contributed by atoms with Crippen molar-refractivity contribution in [3.8, 4) is 5.75 Å². The zero-order valence-electron chi connectivity index (χ0n) is 18.1. The van der Waals surface area contributed by atoms with Crippen LogP contribution in [0, 0.1) is 0 Å². The van der Waals surface area contributed by atoms with Gasteiger partial charge in [-0.05, 0) is 38.7 Å². The number of nitrogens with one attached hydrogen (secondary N) is 1. The first-order valence-electron chi connectivity index (χ1n) is 10.8. The number of amides is 2. The van der Waals surface area contributed by atoms with E-state index in [4.69, 9.17) is 14.2 Å². The Labute approximate surface area is 182 Å². The number of benzene rings is 1. The van der Waals surface area contributed by atoms with Gasteiger partial charge in [0, 0.05) is 30.3 Å². The predicted octanol–water partition coefficient (Wildman–Crippen LogP) is 0.430. The Bertz CT molecular complexity index is 810. The highest BCUT2D eigenvalue weighted by Gasteiger charge is 2.46. The SMILES string of the molecule is CN(C)CC(=O)Nc1ccc2c(c1)[C@H]1C[C@H](CC(=O)N3CCOCC3)O[C@@H](CO)[C@H]1O2. The third-order valence-electron chi connectivity index (χ3n) is 6.01. The molecule has 3 aliphatic rings. The third-order valence-corrected chi connectivity index (χ3v) is 6.01. The molecule has 0 radical (unpaired) electrons. The van der Waals surface area contributed by atoms with Crippen molar-refractivity contribution in [2.24, 2.45) is 0 Å². The molecule has 2 fully saturated rings. The van der Waals surface area contributed by atoms with Crippen molar-refractivity contribution in [2.45, 2.75) is 37.1 Å². The van der Waals surface area contributed by atoms with E-state index in [1.165, 1.54) is 0 Å². The summed E-state index contributed by atoms with van der Waals surface area (Å²) in [5.74, 6) is 0.693. The standard InChI is InChI=1S/C22H31N3O6/c1-24(2)12-20(27)23-14-3-4-18-16(9-14)17-10-15(30-19(13-26)22(17)31-18)11-21(28)25-5-7-29-8-6-25/h3-4,9,15,17,19,22,26H,5-8,10-13H2,1-2H3,(H,23,27)/t15-,17-,19+,22+/m1/s1. The average Bonchev–Trinajstić information content (AvgIpc) is 3.11. The number of carbonyl (C=O) groups excluding carboxylic acids is 2. The molecule has 3 aliphatic heterocycles. The second-order valence-electron chi connectivity index (χ2n) is 8.64. The maximum Gasteiger partial charge on any atom is 0.238 e. The lowest BCUT2D eigenvalue weighted by Crippen LogP contribution is -2.48. The first-order valence-corrected chi connectivity index (χ1v) is 10.8. The summed E-state index contributed by atoms with van der Waals surface area (Å²) in [6.07, 6.45) is -0.202. The van der Waals surface area contributed by atoms with Crippen LogP contribution in [0.4, 0.5) is 5.69 Å². The van der Waals surface area contributed by atoms with E-state index in [2.05, 4.69) is 5.32 Å². The maximum absolute atomic E-state index is 12.7. The van der Waals surface area contributed by atoms with E-state index < -0.39 is 6.10 Å². The van der Waals surface area contributed by atoms with Gasteiger partial charge in [-0.25, -0.2) is 0 Å². The van der Waals surface area contributed by atoms with Crippen LogP contribution in [-0.4, -0.2) is 98.6 Å². The number of hydrogen-bond donors (Lipinski definition) is 2. The fourth-order valence-electron chi connectivity index (χ4n) is 4.59. The summed E-state index contributed by atoms with van der Waals surface area (Å²) in [4.78, 5) is 28.5. The molecule has 0 unspecified atom stereocenters. The van der Waals surface area contributed by atoms with Crippen LogP contribution >= 0.6 is 0 Å². The van der Waals surface area contributed by atoms with Crippen molar-refractivity contribution in [1.82, 2.24) is 9.80 Å². The number of fused-ring (bicyclic) bond motifs is 3. The summed E-state index contributed by atoms with van der Waals surface area (Å²) >= 11 is 0. The second kappa shape index (κ2) is 9.52. The first kappa shape index (κ1) is 22.0. The molecule has 31 heavy (non-hydrogen) atoms. The van der Waals surface area contributed by atoms with Gasteiger partial charge in [0.2, 0.25) is 11.8 Å². The zero-order valence-corrected chi connectivity index (χ0v) is 18.1. The van der Waals surface area contributed by atoms with Gasteiger partial charge in [-0.1, -0.05) is 0 Å². The van der Waals surface area contributed by atoms with Crippen LogP contribution in [0.1, 0.15) is 24.3 Å². The quantitative estimate of drug-likeness (QED) is 0.671. The van der Waals surface area contributed by atoms with Gasteiger partial charge in [-0.15, -0.1) is 0 Å². The summed E-state index contributed by atoms with van der Waals surface area (Å²) in [7, 11) is 3.69. The van der Waals surface area contributed by atoms with Crippen LogP contribution in [0.3, 0.4) is 0 Å². The van der Waals surface area contributed by atoms with Crippen molar-refractivity contribution in [1.29, 1.82) is 0 Å². The van der Waals surface area contributed by atoms with E-state index in [9.17, 15) is 14.7 Å². The lowest BCUT2D eigenvalue weighted by molar-refractivity contribution is -0.151. The number of likely N-dealkylation sites (N-methyl/N-ethyl adjacent to an activating group) is 1.